The van der Waals surface area contributed by atoms with Gasteiger partial charge in [-0.1, -0.05) is 25.7 Å². The van der Waals surface area contributed by atoms with E-state index in [2.05, 4.69) is 19.7 Å². The first-order chi connectivity index (χ1) is 8.95. The maximum Gasteiger partial charge on any atom is 0.261 e. The monoisotopic (exact) mass is 275 g/mol. The third-order valence-electron chi connectivity index (χ3n) is 3.22. The van der Waals surface area contributed by atoms with Crippen molar-refractivity contribution in [3.05, 3.63) is 42.0 Å². The molecule has 19 heavy (non-hydrogen) atoms. The first kappa shape index (κ1) is 13.5. The number of rotatable bonds is 4. The lowest BCUT2D eigenvalue weighted by molar-refractivity contribution is 0.0693. The Balaban J connectivity index is 2.31. The van der Waals surface area contributed by atoms with E-state index < -0.39 is 8.80 Å². The number of benzene rings is 1. The van der Waals surface area contributed by atoms with Gasteiger partial charge in [0.25, 0.3) is 11.8 Å². The van der Waals surface area contributed by atoms with E-state index in [1.165, 1.54) is 7.05 Å². The summed E-state index contributed by atoms with van der Waals surface area (Å²) in [5, 5.41) is 0. The van der Waals surface area contributed by atoms with Gasteiger partial charge in [0.2, 0.25) is 0 Å². The number of hydrogen-bond acceptors (Lipinski definition) is 3. The maximum absolute atomic E-state index is 11.9. The molecule has 100 valence electrons. The van der Waals surface area contributed by atoms with Gasteiger partial charge in [0, 0.05) is 7.05 Å². The van der Waals surface area contributed by atoms with E-state index in [4.69, 9.17) is 4.74 Å². The molecular formula is C14H17NO3Si. The van der Waals surface area contributed by atoms with Crippen LogP contribution in [0.3, 0.4) is 0 Å². The molecule has 1 heterocycles. The predicted molar refractivity (Wildman–Crippen MR) is 76.4 cm³/mol. The average molecular weight is 275 g/mol. The number of carbonyl (C=O) groups excluding carboxylic acids is 2. The zero-order valence-corrected chi connectivity index (χ0v) is 12.5. The minimum Gasteiger partial charge on any atom is -0.491 e. The van der Waals surface area contributed by atoms with Crippen LogP contribution in [0, 0.1) is 0 Å². The fourth-order valence-electron chi connectivity index (χ4n) is 2.03. The maximum atomic E-state index is 11.9. The molecule has 1 aliphatic heterocycles. The van der Waals surface area contributed by atoms with Crippen LogP contribution in [-0.2, 0) is 0 Å². The van der Waals surface area contributed by atoms with Gasteiger partial charge in [0.15, 0.2) is 0 Å². The van der Waals surface area contributed by atoms with Crippen molar-refractivity contribution in [3.8, 4) is 5.75 Å². The third kappa shape index (κ3) is 2.33. The highest BCUT2D eigenvalue weighted by Crippen LogP contribution is 2.26. The van der Waals surface area contributed by atoms with Crippen molar-refractivity contribution in [1.29, 1.82) is 0 Å². The highest BCUT2D eigenvalue weighted by molar-refractivity contribution is 6.57. The second kappa shape index (κ2) is 5.01. The average Bonchev–Trinajstić information content (AvgIpc) is 2.61. The third-order valence-corrected chi connectivity index (χ3v) is 4.95. The Hall–Kier alpha value is -1.88. The van der Waals surface area contributed by atoms with Crippen LogP contribution < -0.4 is 4.74 Å². The van der Waals surface area contributed by atoms with Crippen molar-refractivity contribution < 1.29 is 14.3 Å². The molecule has 0 fully saturated rings. The van der Waals surface area contributed by atoms with Gasteiger partial charge in [0.05, 0.1) is 19.9 Å². The van der Waals surface area contributed by atoms with Crippen LogP contribution in [-0.4, -0.2) is 38.3 Å². The zero-order valence-electron chi connectivity index (χ0n) is 11.3. The second-order valence-electron chi connectivity index (χ2n) is 4.94. The predicted octanol–water partition coefficient (Wildman–Crippen LogP) is 1.87. The summed E-state index contributed by atoms with van der Waals surface area (Å²) >= 11 is 0. The topological polar surface area (TPSA) is 46.6 Å². The second-order valence-corrected chi connectivity index (χ2v) is 8.08. The molecule has 4 nitrogen and oxygen atoms in total. The van der Waals surface area contributed by atoms with Gasteiger partial charge in [-0.15, -0.1) is 0 Å². The lowest BCUT2D eigenvalue weighted by atomic mass is 10.1. The molecule has 1 aliphatic rings. The van der Waals surface area contributed by atoms with Gasteiger partial charge in [-0.3, -0.25) is 14.5 Å². The molecule has 1 unspecified atom stereocenters. The van der Waals surface area contributed by atoms with E-state index >= 15 is 0 Å². The molecule has 1 atom stereocenters. The Labute approximate surface area is 114 Å². The summed E-state index contributed by atoms with van der Waals surface area (Å²) in [6.07, 6.45) is 1.79. The SMILES string of the molecule is C=CC(Oc1ccc2c(c1)C(=O)N(C)C2=O)[SiH](C)C. The number of amides is 2. The Morgan fingerprint density at radius 1 is 1.26 bits per heavy atom. The molecule has 0 radical (unpaired) electrons. The molecule has 0 saturated carbocycles. The smallest absolute Gasteiger partial charge is 0.261 e. The first-order valence-corrected chi connectivity index (χ1v) is 9.19. The van der Waals surface area contributed by atoms with E-state index in [1.807, 2.05) is 0 Å². The van der Waals surface area contributed by atoms with Crippen molar-refractivity contribution in [2.24, 2.45) is 0 Å². The van der Waals surface area contributed by atoms with Crippen molar-refractivity contribution in [2.75, 3.05) is 7.05 Å². The number of nitrogens with zero attached hydrogens (tertiary/aromatic N) is 1. The normalized spacial score (nSPS) is 15.7. The molecule has 0 bridgehead atoms. The van der Waals surface area contributed by atoms with Crippen LogP contribution in [0.5, 0.6) is 5.75 Å². The Kier molecular flexibility index (Phi) is 3.57. The van der Waals surface area contributed by atoms with E-state index in [9.17, 15) is 9.59 Å². The summed E-state index contributed by atoms with van der Waals surface area (Å²) in [5.74, 6) is 0.0775. The fourth-order valence-corrected chi connectivity index (χ4v) is 3.00. The van der Waals surface area contributed by atoms with E-state index in [1.54, 1.807) is 24.3 Å². The Bertz CT molecular complexity index is 554. The molecule has 1 aromatic carbocycles. The number of carbonyl (C=O) groups is 2. The van der Waals surface area contributed by atoms with Gasteiger partial charge in [-0.2, -0.15) is 0 Å². The molecular weight excluding hydrogens is 258 g/mol. The molecule has 2 amide bonds. The Morgan fingerprint density at radius 2 is 1.89 bits per heavy atom. The number of fused-ring (bicyclic) bond motifs is 1. The number of hydrogen-bond donors (Lipinski definition) is 0. The molecule has 0 N–H and O–H groups in total. The van der Waals surface area contributed by atoms with Crippen LogP contribution in [0.4, 0.5) is 0 Å². The fraction of sp³-hybridized carbons (Fsp3) is 0.286. The van der Waals surface area contributed by atoms with Crippen molar-refractivity contribution in [2.45, 2.75) is 18.8 Å². The van der Waals surface area contributed by atoms with Crippen molar-refractivity contribution >= 4 is 20.6 Å². The van der Waals surface area contributed by atoms with Gasteiger partial charge in [-0.05, 0) is 18.2 Å². The summed E-state index contributed by atoms with van der Waals surface area (Å²) in [7, 11) is 0.465. The molecule has 0 spiro atoms. The van der Waals surface area contributed by atoms with Gasteiger partial charge in [0.1, 0.15) is 11.5 Å². The molecule has 2 rings (SSSR count). The van der Waals surface area contributed by atoms with Crippen molar-refractivity contribution in [3.63, 3.8) is 0 Å². The van der Waals surface area contributed by atoms with Gasteiger partial charge in [-0.25, -0.2) is 0 Å². The minimum atomic E-state index is -1.02. The highest BCUT2D eigenvalue weighted by atomic mass is 28.3. The largest absolute Gasteiger partial charge is 0.491 e. The van der Waals surface area contributed by atoms with Crippen LogP contribution >= 0.6 is 0 Å². The summed E-state index contributed by atoms with van der Waals surface area (Å²) in [6.45, 7) is 8.11. The molecule has 0 saturated heterocycles. The number of imide groups is 1. The molecule has 5 heteroatoms. The Morgan fingerprint density at radius 3 is 2.47 bits per heavy atom. The van der Waals surface area contributed by atoms with Gasteiger partial charge >= 0.3 is 0 Å². The minimum absolute atomic E-state index is 0.0167. The van der Waals surface area contributed by atoms with E-state index in [0.717, 1.165) is 4.90 Å². The number of ether oxygens (including phenoxy) is 1. The summed E-state index contributed by atoms with van der Waals surface area (Å²) in [6, 6.07) is 5.03. The summed E-state index contributed by atoms with van der Waals surface area (Å²) < 4.78 is 5.83. The van der Waals surface area contributed by atoms with Crippen LogP contribution in [0.2, 0.25) is 13.1 Å². The lowest BCUT2D eigenvalue weighted by Gasteiger charge is -2.18. The van der Waals surface area contributed by atoms with Gasteiger partial charge < -0.3 is 4.74 Å². The molecule has 0 aromatic heterocycles. The lowest BCUT2D eigenvalue weighted by Crippen LogP contribution is -2.28. The quantitative estimate of drug-likeness (QED) is 0.479. The first-order valence-electron chi connectivity index (χ1n) is 6.21. The standard InChI is InChI=1S/C14H17NO3Si/c1-5-12(19(3)4)18-9-6-7-10-11(8-9)14(17)15(2)13(10)16/h5-8,12,19H,1H2,2-4H3. The van der Waals surface area contributed by atoms with E-state index in [0.29, 0.717) is 16.9 Å². The zero-order chi connectivity index (χ0) is 14.2. The van der Waals surface area contributed by atoms with Crippen LogP contribution in [0.15, 0.2) is 30.9 Å². The molecule has 1 aromatic rings. The highest BCUT2D eigenvalue weighted by Gasteiger charge is 2.33. The van der Waals surface area contributed by atoms with Crippen LogP contribution in [0.1, 0.15) is 20.7 Å². The van der Waals surface area contributed by atoms with Crippen LogP contribution in [0.25, 0.3) is 0 Å². The van der Waals surface area contributed by atoms with E-state index in [-0.39, 0.29) is 17.5 Å². The summed E-state index contributed by atoms with van der Waals surface area (Å²) in [4.78, 5) is 24.8. The summed E-state index contributed by atoms with van der Waals surface area (Å²) in [5.41, 5.74) is 0.873. The molecule has 0 aliphatic carbocycles. The van der Waals surface area contributed by atoms with Crippen molar-refractivity contribution in [1.82, 2.24) is 4.90 Å².